The van der Waals surface area contributed by atoms with Crippen LogP contribution in [0, 0.1) is 10.1 Å². The van der Waals surface area contributed by atoms with Gasteiger partial charge >= 0.3 is 0 Å². The van der Waals surface area contributed by atoms with Gasteiger partial charge in [0, 0.05) is 30.8 Å². The van der Waals surface area contributed by atoms with Gasteiger partial charge in [0.1, 0.15) is 0 Å². The predicted octanol–water partition coefficient (Wildman–Crippen LogP) is 0.194. The molecular formula is C12H15N3O4. The Labute approximate surface area is 109 Å². The van der Waals surface area contributed by atoms with Crippen LogP contribution in [0.5, 0.6) is 0 Å². The first-order valence-electron chi connectivity index (χ1n) is 5.98. The number of rotatable bonds is 4. The molecule has 0 saturated carbocycles. The number of carbonyl (C=O) groups is 1. The maximum absolute atomic E-state index is 11.9. The number of aliphatic hydroxyl groups is 1. The van der Waals surface area contributed by atoms with Crippen molar-refractivity contribution < 1.29 is 14.8 Å². The average molecular weight is 265 g/mol. The van der Waals surface area contributed by atoms with E-state index in [4.69, 9.17) is 5.73 Å². The van der Waals surface area contributed by atoms with E-state index >= 15 is 0 Å². The summed E-state index contributed by atoms with van der Waals surface area (Å²) >= 11 is 0. The van der Waals surface area contributed by atoms with Crippen LogP contribution in [0.15, 0.2) is 18.2 Å². The van der Waals surface area contributed by atoms with Crippen LogP contribution in [0.25, 0.3) is 0 Å². The van der Waals surface area contributed by atoms with E-state index in [-0.39, 0.29) is 31.1 Å². The van der Waals surface area contributed by atoms with E-state index in [0.717, 1.165) is 5.56 Å². The van der Waals surface area contributed by atoms with Crippen LogP contribution in [0.1, 0.15) is 12.0 Å². The zero-order valence-electron chi connectivity index (χ0n) is 10.3. The molecule has 0 spiro atoms. The molecule has 7 heteroatoms. The van der Waals surface area contributed by atoms with Crippen molar-refractivity contribution in [2.24, 2.45) is 5.73 Å². The maximum Gasteiger partial charge on any atom is 0.269 e. The summed E-state index contributed by atoms with van der Waals surface area (Å²) in [6.07, 6.45) is -0.0404. The number of benzene rings is 1. The molecular weight excluding hydrogens is 250 g/mol. The highest BCUT2D eigenvalue weighted by atomic mass is 16.6. The van der Waals surface area contributed by atoms with Crippen LogP contribution < -0.4 is 10.6 Å². The van der Waals surface area contributed by atoms with Crippen LogP contribution in [0.3, 0.4) is 0 Å². The first-order chi connectivity index (χ1) is 9.02. The molecule has 0 bridgehead atoms. The highest BCUT2D eigenvalue weighted by Crippen LogP contribution is 2.31. The standard InChI is InChI=1S/C12H15N3O4/c13-6-10(16)7-14-11-3-2-9(15(18)19)5-8(11)1-4-12(14)17/h2-3,5,10,16H,1,4,6-7,13H2. The zero-order chi connectivity index (χ0) is 14.0. The lowest BCUT2D eigenvalue weighted by molar-refractivity contribution is -0.384. The number of carbonyl (C=O) groups excluding carboxylic acids is 1. The van der Waals surface area contributed by atoms with Gasteiger partial charge in [0.25, 0.3) is 5.69 Å². The minimum Gasteiger partial charge on any atom is -0.390 e. The fourth-order valence-electron chi connectivity index (χ4n) is 2.15. The molecule has 1 amide bonds. The summed E-state index contributed by atoms with van der Waals surface area (Å²) in [7, 11) is 0. The summed E-state index contributed by atoms with van der Waals surface area (Å²) in [4.78, 5) is 23.6. The molecule has 1 aromatic rings. The van der Waals surface area contributed by atoms with Crippen molar-refractivity contribution in [2.45, 2.75) is 18.9 Å². The number of nitro benzene ring substituents is 1. The van der Waals surface area contributed by atoms with Gasteiger partial charge in [0.2, 0.25) is 5.91 Å². The molecule has 1 unspecified atom stereocenters. The van der Waals surface area contributed by atoms with Gasteiger partial charge in [-0.3, -0.25) is 14.9 Å². The van der Waals surface area contributed by atoms with E-state index in [9.17, 15) is 20.0 Å². The second-order valence-corrected chi connectivity index (χ2v) is 4.46. The predicted molar refractivity (Wildman–Crippen MR) is 68.8 cm³/mol. The molecule has 102 valence electrons. The number of β-amino-alcohol motifs (C(OH)–C–C–N with tert-alkyl or cyclic N) is 1. The van der Waals surface area contributed by atoms with Crippen molar-refractivity contribution in [1.29, 1.82) is 0 Å². The van der Waals surface area contributed by atoms with Crippen molar-refractivity contribution in [2.75, 3.05) is 18.0 Å². The van der Waals surface area contributed by atoms with Gasteiger partial charge in [0.15, 0.2) is 0 Å². The molecule has 2 rings (SSSR count). The number of amides is 1. The molecule has 3 N–H and O–H groups in total. The van der Waals surface area contributed by atoms with Gasteiger partial charge < -0.3 is 15.7 Å². The van der Waals surface area contributed by atoms with Crippen LogP contribution in [0.2, 0.25) is 0 Å². The Morgan fingerprint density at radius 2 is 2.21 bits per heavy atom. The second-order valence-electron chi connectivity index (χ2n) is 4.46. The molecule has 0 aromatic heterocycles. The highest BCUT2D eigenvalue weighted by molar-refractivity contribution is 5.96. The normalized spacial score (nSPS) is 16.1. The largest absolute Gasteiger partial charge is 0.390 e. The molecule has 1 aromatic carbocycles. The zero-order valence-corrected chi connectivity index (χ0v) is 10.3. The van der Waals surface area contributed by atoms with E-state index in [1.165, 1.54) is 17.0 Å². The summed E-state index contributed by atoms with van der Waals surface area (Å²) in [5.41, 5.74) is 6.72. The Morgan fingerprint density at radius 3 is 2.84 bits per heavy atom. The second kappa shape index (κ2) is 5.33. The summed E-state index contributed by atoms with van der Waals surface area (Å²) in [5.74, 6) is -0.103. The summed E-state index contributed by atoms with van der Waals surface area (Å²) in [6, 6.07) is 4.39. The number of non-ortho nitro benzene ring substituents is 1. The molecule has 0 radical (unpaired) electrons. The quantitative estimate of drug-likeness (QED) is 0.596. The van der Waals surface area contributed by atoms with Crippen LogP contribution >= 0.6 is 0 Å². The SMILES string of the molecule is NCC(O)CN1C(=O)CCc2cc([N+](=O)[O-])ccc21. The van der Waals surface area contributed by atoms with Gasteiger partial charge in [-0.2, -0.15) is 0 Å². The maximum atomic E-state index is 11.9. The number of anilines is 1. The molecule has 7 nitrogen and oxygen atoms in total. The number of hydrogen-bond acceptors (Lipinski definition) is 5. The lowest BCUT2D eigenvalue weighted by Gasteiger charge is -2.30. The minimum atomic E-state index is -0.801. The molecule has 1 heterocycles. The number of nitrogens with zero attached hydrogens (tertiary/aromatic N) is 2. The first-order valence-corrected chi connectivity index (χ1v) is 5.98. The third-order valence-electron chi connectivity index (χ3n) is 3.14. The molecule has 0 saturated heterocycles. The summed E-state index contributed by atoms with van der Waals surface area (Å²) in [6.45, 7) is 0.173. The molecule has 1 atom stereocenters. The Bertz CT molecular complexity index is 518. The van der Waals surface area contributed by atoms with Crippen molar-refractivity contribution in [3.8, 4) is 0 Å². The fourth-order valence-corrected chi connectivity index (χ4v) is 2.15. The summed E-state index contributed by atoms with van der Waals surface area (Å²) in [5, 5.41) is 20.3. The number of aliphatic hydroxyl groups excluding tert-OH is 1. The van der Waals surface area contributed by atoms with Crippen molar-refractivity contribution in [3.63, 3.8) is 0 Å². The van der Waals surface area contributed by atoms with Gasteiger partial charge in [-0.15, -0.1) is 0 Å². The molecule has 0 fully saturated rings. The van der Waals surface area contributed by atoms with E-state index in [1.807, 2.05) is 0 Å². The fraction of sp³-hybridized carbons (Fsp3) is 0.417. The Hall–Kier alpha value is -1.99. The van der Waals surface area contributed by atoms with E-state index in [0.29, 0.717) is 12.1 Å². The molecule has 19 heavy (non-hydrogen) atoms. The number of nitro groups is 1. The smallest absolute Gasteiger partial charge is 0.269 e. The number of hydrogen-bond donors (Lipinski definition) is 2. The van der Waals surface area contributed by atoms with Gasteiger partial charge in [-0.1, -0.05) is 0 Å². The molecule has 1 aliphatic heterocycles. The molecule has 0 aliphatic carbocycles. The lowest BCUT2D eigenvalue weighted by atomic mass is 10.00. The summed E-state index contributed by atoms with van der Waals surface area (Å²) < 4.78 is 0. The Morgan fingerprint density at radius 1 is 1.47 bits per heavy atom. The number of fused-ring (bicyclic) bond motifs is 1. The number of aryl methyl sites for hydroxylation is 1. The average Bonchev–Trinajstić information content (AvgIpc) is 2.41. The van der Waals surface area contributed by atoms with Crippen LogP contribution in [0.4, 0.5) is 11.4 Å². The molecule has 1 aliphatic rings. The van der Waals surface area contributed by atoms with Crippen LogP contribution in [-0.4, -0.2) is 35.1 Å². The number of nitrogens with two attached hydrogens (primary N) is 1. The van der Waals surface area contributed by atoms with Crippen molar-refractivity contribution in [1.82, 2.24) is 0 Å². The third-order valence-corrected chi connectivity index (χ3v) is 3.14. The van der Waals surface area contributed by atoms with E-state index in [1.54, 1.807) is 6.07 Å². The lowest BCUT2D eigenvalue weighted by Crippen LogP contribution is -2.42. The Kier molecular flexibility index (Phi) is 3.77. The van der Waals surface area contributed by atoms with Gasteiger partial charge in [-0.25, -0.2) is 0 Å². The Balaban J connectivity index is 2.33. The minimum absolute atomic E-state index is 0.00687. The van der Waals surface area contributed by atoms with Crippen LogP contribution in [-0.2, 0) is 11.2 Å². The highest BCUT2D eigenvalue weighted by Gasteiger charge is 2.27. The van der Waals surface area contributed by atoms with E-state index < -0.39 is 11.0 Å². The topological polar surface area (TPSA) is 110 Å². The first kappa shape index (κ1) is 13.4. The van der Waals surface area contributed by atoms with Crippen molar-refractivity contribution in [3.05, 3.63) is 33.9 Å². The van der Waals surface area contributed by atoms with Gasteiger partial charge in [0.05, 0.1) is 17.6 Å². The third kappa shape index (κ3) is 2.72. The monoisotopic (exact) mass is 265 g/mol. The van der Waals surface area contributed by atoms with Gasteiger partial charge in [-0.05, 0) is 18.1 Å². The van der Waals surface area contributed by atoms with E-state index in [2.05, 4.69) is 0 Å². The van der Waals surface area contributed by atoms with Crippen molar-refractivity contribution >= 4 is 17.3 Å².